The lowest BCUT2D eigenvalue weighted by Crippen LogP contribution is -2.57. The van der Waals surface area contributed by atoms with Gasteiger partial charge >= 0.3 is 11.9 Å². The Bertz CT molecular complexity index is 708. The third-order valence-electron chi connectivity index (χ3n) is 5.36. The van der Waals surface area contributed by atoms with Gasteiger partial charge in [0.2, 0.25) is 17.7 Å². The predicted molar refractivity (Wildman–Crippen MR) is 122 cm³/mol. The minimum atomic E-state index is -1.61. The summed E-state index contributed by atoms with van der Waals surface area (Å²) in [6.07, 6.45) is 3.92. The van der Waals surface area contributed by atoms with Crippen LogP contribution in [0.4, 0.5) is 0 Å². The standard InChI is InChI=1S/C20H35N5O7S/c1-33-10-7-12(22)17(28)23-13(5-2-3-8-21)19(30)25-9-4-6-15(25)18(29)24-14(20(31)32)11-16(26)27/h12-15H,2-11,21-22H2,1H3,(H,23,28)(H,24,29)(H,26,27)(H,31,32). The Morgan fingerprint density at radius 2 is 1.79 bits per heavy atom. The average Bonchev–Trinajstić information content (AvgIpc) is 3.25. The number of nitrogens with two attached hydrogens (primary N) is 2. The molecule has 8 N–H and O–H groups in total. The lowest BCUT2D eigenvalue weighted by Gasteiger charge is -2.30. The molecule has 1 aliphatic rings. The Labute approximate surface area is 197 Å². The molecule has 0 aromatic rings. The summed E-state index contributed by atoms with van der Waals surface area (Å²) in [5.41, 5.74) is 11.5. The van der Waals surface area contributed by atoms with Crippen molar-refractivity contribution in [2.75, 3.05) is 25.1 Å². The van der Waals surface area contributed by atoms with Crippen LogP contribution in [-0.2, 0) is 24.0 Å². The number of thioether (sulfide) groups is 1. The zero-order chi connectivity index (χ0) is 25.0. The van der Waals surface area contributed by atoms with Crippen LogP contribution in [0.2, 0.25) is 0 Å². The molecule has 1 saturated heterocycles. The van der Waals surface area contributed by atoms with Gasteiger partial charge in [0.25, 0.3) is 0 Å². The van der Waals surface area contributed by atoms with Crippen LogP contribution in [-0.4, -0.2) is 94.0 Å². The van der Waals surface area contributed by atoms with Gasteiger partial charge in [-0.15, -0.1) is 0 Å². The molecule has 0 aliphatic carbocycles. The number of hydrogen-bond acceptors (Lipinski definition) is 8. The van der Waals surface area contributed by atoms with Crippen molar-refractivity contribution in [1.82, 2.24) is 15.5 Å². The van der Waals surface area contributed by atoms with Gasteiger partial charge in [0.1, 0.15) is 18.1 Å². The van der Waals surface area contributed by atoms with Crippen LogP contribution < -0.4 is 22.1 Å². The highest BCUT2D eigenvalue weighted by Gasteiger charge is 2.39. The number of carboxylic acids is 2. The first-order chi connectivity index (χ1) is 15.6. The molecule has 0 bridgehead atoms. The Balaban J connectivity index is 2.92. The van der Waals surface area contributed by atoms with Crippen molar-refractivity contribution in [3.63, 3.8) is 0 Å². The number of rotatable bonds is 15. The van der Waals surface area contributed by atoms with Crippen LogP contribution in [0.25, 0.3) is 0 Å². The number of aliphatic carboxylic acids is 2. The first-order valence-corrected chi connectivity index (χ1v) is 12.3. The Kier molecular flexibility index (Phi) is 12.8. The van der Waals surface area contributed by atoms with Gasteiger partial charge in [-0.3, -0.25) is 19.2 Å². The van der Waals surface area contributed by atoms with Gasteiger partial charge in [-0.05, 0) is 57.1 Å². The van der Waals surface area contributed by atoms with Crippen LogP contribution in [0.5, 0.6) is 0 Å². The van der Waals surface area contributed by atoms with Crippen molar-refractivity contribution in [3.8, 4) is 0 Å². The molecule has 0 aromatic heterocycles. The highest BCUT2D eigenvalue weighted by Crippen LogP contribution is 2.20. The Morgan fingerprint density at radius 1 is 1.09 bits per heavy atom. The summed E-state index contributed by atoms with van der Waals surface area (Å²) in [7, 11) is 0. The number of nitrogens with one attached hydrogen (secondary N) is 2. The monoisotopic (exact) mass is 489 g/mol. The first-order valence-electron chi connectivity index (χ1n) is 10.9. The summed E-state index contributed by atoms with van der Waals surface area (Å²) in [4.78, 5) is 62.0. The third-order valence-corrected chi connectivity index (χ3v) is 6.01. The number of carbonyl (C=O) groups excluding carboxylic acids is 3. The molecule has 3 amide bonds. The molecule has 33 heavy (non-hydrogen) atoms. The lowest BCUT2D eigenvalue weighted by molar-refractivity contribution is -0.148. The molecule has 0 saturated carbocycles. The van der Waals surface area contributed by atoms with Crippen LogP contribution in [0.3, 0.4) is 0 Å². The van der Waals surface area contributed by atoms with Gasteiger partial charge in [-0.25, -0.2) is 4.79 Å². The molecule has 12 nitrogen and oxygen atoms in total. The fourth-order valence-electron chi connectivity index (χ4n) is 3.55. The van der Waals surface area contributed by atoms with Crippen LogP contribution in [0.1, 0.15) is 44.9 Å². The van der Waals surface area contributed by atoms with E-state index in [1.165, 1.54) is 4.90 Å². The molecule has 4 unspecified atom stereocenters. The fraction of sp³-hybridized carbons (Fsp3) is 0.750. The van der Waals surface area contributed by atoms with Gasteiger partial charge in [-0.2, -0.15) is 11.8 Å². The molecule has 188 valence electrons. The number of unbranched alkanes of at least 4 members (excludes halogenated alkanes) is 1. The van der Waals surface area contributed by atoms with Crippen molar-refractivity contribution in [2.24, 2.45) is 11.5 Å². The number of carboxylic acid groups (broad SMARTS) is 2. The molecular formula is C20H35N5O7S. The first kappa shape index (κ1) is 28.7. The number of carbonyl (C=O) groups is 5. The SMILES string of the molecule is CSCCC(N)C(=O)NC(CCCCN)C(=O)N1CCCC1C(=O)NC(CC(=O)O)C(=O)O. The van der Waals surface area contributed by atoms with Gasteiger partial charge in [0.05, 0.1) is 12.5 Å². The molecule has 1 heterocycles. The van der Waals surface area contributed by atoms with E-state index in [1.807, 2.05) is 6.26 Å². The maximum absolute atomic E-state index is 13.3. The number of amides is 3. The highest BCUT2D eigenvalue weighted by atomic mass is 32.2. The van der Waals surface area contributed by atoms with Crippen molar-refractivity contribution in [3.05, 3.63) is 0 Å². The van der Waals surface area contributed by atoms with E-state index in [2.05, 4.69) is 10.6 Å². The van der Waals surface area contributed by atoms with Gasteiger partial charge in [0, 0.05) is 6.54 Å². The summed E-state index contributed by atoms with van der Waals surface area (Å²) >= 11 is 1.55. The average molecular weight is 490 g/mol. The molecule has 1 aliphatic heterocycles. The van der Waals surface area contributed by atoms with Gasteiger partial charge < -0.3 is 37.2 Å². The zero-order valence-electron chi connectivity index (χ0n) is 18.8. The second kappa shape index (κ2) is 14.7. The number of likely N-dealkylation sites (tertiary alicyclic amines) is 1. The lowest BCUT2D eigenvalue weighted by atomic mass is 10.1. The van der Waals surface area contributed by atoms with E-state index in [-0.39, 0.29) is 6.54 Å². The van der Waals surface area contributed by atoms with Gasteiger partial charge in [-0.1, -0.05) is 0 Å². The molecule has 1 rings (SSSR count). The summed E-state index contributed by atoms with van der Waals surface area (Å²) in [6, 6.07) is -4.23. The van der Waals surface area contributed by atoms with Crippen LogP contribution in [0, 0.1) is 0 Å². The van der Waals surface area contributed by atoms with Crippen molar-refractivity contribution in [2.45, 2.75) is 69.1 Å². The van der Waals surface area contributed by atoms with E-state index < -0.39 is 60.2 Å². The van der Waals surface area contributed by atoms with Crippen LogP contribution in [0.15, 0.2) is 0 Å². The molecule has 0 aromatic carbocycles. The quantitative estimate of drug-likeness (QED) is 0.150. The number of nitrogens with zero attached hydrogens (tertiary/aromatic N) is 1. The van der Waals surface area contributed by atoms with E-state index >= 15 is 0 Å². The van der Waals surface area contributed by atoms with Crippen molar-refractivity contribution >= 4 is 41.4 Å². The molecule has 4 atom stereocenters. The molecule has 13 heteroatoms. The molecule has 0 radical (unpaired) electrons. The molecule has 1 fully saturated rings. The topological polar surface area (TPSA) is 205 Å². The second-order valence-corrected chi connectivity index (χ2v) is 8.91. The smallest absolute Gasteiger partial charge is 0.326 e. The van der Waals surface area contributed by atoms with E-state index in [0.717, 1.165) is 0 Å². The fourth-order valence-corrected chi connectivity index (χ4v) is 4.04. The number of hydrogen-bond donors (Lipinski definition) is 6. The van der Waals surface area contributed by atoms with E-state index in [1.54, 1.807) is 11.8 Å². The Hall–Kier alpha value is -2.38. The summed E-state index contributed by atoms with van der Waals surface area (Å²) in [5.74, 6) is -3.81. The molecule has 0 spiro atoms. The maximum atomic E-state index is 13.3. The van der Waals surface area contributed by atoms with E-state index in [0.29, 0.717) is 50.8 Å². The van der Waals surface area contributed by atoms with Gasteiger partial charge in [0.15, 0.2) is 0 Å². The third kappa shape index (κ3) is 9.56. The minimum absolute atomic E-state index is 0.259. The largest absolute Gasteiger partial charge is 0.481 e. The summed E-state index contributed by atoms with van der Waals surface area (Å²) in [6.45, 7) is 0.687. The zero-order valence-corrected chi connectivity index (χ0v) is 19.6. The predicted octanol–water partition coefficient (Wildman–Crippen LogP) is -1.28. The second-order valence-electron chi connectivity index (χ2n) is 7.92. The normalized spacial score (nSPS) is 18.3. The van der Waals surface area contributed by atoms with Crippen molar-refractivity contribution in [1.29, 1.82) is 0 Å². The van der Waals surface area contributed by atoms with E-state index in [4.69, 9.17) is 16.6 Å². The summed E-state index contributed by atoms with van der Waals surface area (Å²) < 4.78 is 0. The van der Waals surface area contributed by atoms with E-state index in [9.17, 15) is 29.1 Å². The molecular weight excluding hydrogens is 454 g/mol. The summed E-state index contributed by atoms with van der Waals surface area (Å²) in [5, 5.41) is 23.0. The minimum Gasteiger partial charge on any atom is -0.481 e. The highest BCUT2D eigenvalue weighted by molar-refractivity contribution is 7.98. The van der Waals surface area contributed by atoms with Crippen molar-refractivity contribution < 1.29 is 34.2 Å². The maximum Gasteiger partial charge on any atom is 0.326 e. The van der Waals surface area contributed by atoms with Crippen LogP contribution >= 0.6 is 11.8 Å². The Morgan fingerprint density at radius 3 is 2.36 bits per heavy atom.